The Balaban J connectivity index is 2.47. The zero-order valence-electron chi connectivity index (χ0n) is 8.00. The molecule has 0 aromatic carbocycles. The number of halogens is 3. The Morgan fingerprint density at radius 2 is 1.87 bits per heavy atom. The van der Waals surface area contributed by atoms with Crippen molar-refractivity contribution in [3.63, 3.8) is 0 Å². The summed E-state index contributed by atoms with van der Waals surface area (Å²) in [6, 6.07) is -1.84. The van der Waals surface area contributed by atoms with Crippen LogP contribution in [0, 0.1) is 5.92 Å². The molecule has 0 aromatic heterocycles. The Labute approximate surface area is 84.8 Å². The first-order valence-electron chi connectivity index (χ1n) is 4.62. The molecule has 88 valence electrons. The minimum absolute atomic E-state index is 0.129. The number of hydrogen-bond donors (Lipinski definition) is 2. The van der Waals surface area contributed by atoms with Gasteiger partial charge in [0, 0.05) is 13.1 Å². The average Bonchev–Trinajstić information content (AvgIpc) is 2.15. The summed E-state index contributed by atoms with van der Waals surface area (Å²) in [7, 11) is 0. The van der Waals surface area contributed by atoms with Crippen LogP contribution in [0.15, 0.2) is 0 Å². The summed E-state index contributed by atoms with van der Waals surface area (Å²) in [5.41, 5.74) is 5.06. The van der Waals surface area contributed by atoms with Crippen molar-refractivity contribution in [1.29, 1.82) is 0 Å². The molecule has 7 heteroatoms. The lowest BCUT2D eigenvalue weighted by atomic mass is 9.90. The number of carboxylic acid groups (broad SMARTS) is 1. The van der Waals surface area contributed by atoms with Crippen molar-refractivity contribution in [3.05, 3.63) is 0 Å². The normalized spacial score (nSPS) is 21.5. The van der Waals surface area contributed by atoms with Gasteiger partial charge in [-0.25, -0.2) is 4.79 Å². The molecule has 1 heterocycles. The summed E-state index contributed by atoms with van der Waals surface area (Å²) in [6.45, 7) is 0.257. The molecule has 1 amide bonds. The number of nitrogens with zero attached hydrogens (tertiary/aromatic N) is 1. The van der Waals surface area contributed by atoms with E-state index in [0.717, 1.165) is 4.90 Å². The van der Waals surface area contributed by atoms with Crippen molar-refractivity contribution in [1.82, 2.24) is 4.90 Å². The average molecular weight is 226 g/mol. The highest BCUT2D eigenvalue weighted by Gasteiger charge is 2.43. The second kappa shape index (κ2) is 4.26. The standard InChI is InChI=1S/C8H13F3N2O2/c9-8(10,11)6(12)5-1-3-13(4-2-5)7(14)15/h5-6H,1-4,12H2,(H,14,15)/t6-/m1/s1. The fourth-order valence-corrected chi connectivity index (χ4v) is 1.72. The van der Waals surface area contributed by atoms with E-state index in [1.165, 1.54) is 0 Å². The van der Waals surface area contributed by atoms with Crippen LogP contribution in [0.5, 0.6) is 0 Å². The molecule has 1 aliphatic heterocycles. The molecule has 0 aromatic rings. The van der Waals surface area contributed by atoms with E-state index in [1.807, 2.05) is 0 Å². The van der Waals surface area contributed by atoms with Crippen LogP contribution < -0.4 is 5.73 Å². The van der Waals surface area contributed by atoms with E-state index in [2.05, 4.69) is 0 Å². The molecule has 1 saturated heterocycles. The van der Waals surface area contributed by atoms with Gasteiger partial charge >= 0.3 is 12.3 Å². The number of hydrogen-bond acceptors (Lipinski definition) is 2. The van der Waals surface area contributed by atoms with Crippen LogP contribution in [-0.2, 0) is 0 Å². The van der Waals surface area contributed by atoms with Gasteiger partial charge in [0.1, 0.15) is 6.04 Å². The Kier molecular flexibility index (Phi) is 3.43. The van der Waals surface area contributed by atoms with E-state index < -0.39 is 24.2 Å². The third kappa shape index (κ3) is 2.98. The van der Waals surface area contributed by atoms with Crippen LogP contribution >= 0.6 is 0 Å². The molecule has 0 spiro atoms. The monoisotopic (exact) mass is 226 g/mol. The van der Waals surface area contributed by atoms with Crippen LogP contribution in [-0.4, -0.2) is 41.4 Å². The van der Waals surface area contributed by atoms with Gasteiger partial charge in [-0.3, -0.25) is 0 Å². The summed E-state index contributed by atoms with van der Waals surface area (Å²) in [6.07, 6.45) is -5.13. The second-order valence-corrected chi connectivity index (χ2v) is 3.67. The number of amides is 1. The van der Waals surface area contributed by atoms with Gasteiger partial charge < -0.3 is 15.7 Å². The Hall–Kier alpha value is -0.980. The van der Waals surface area contributed by atoms with Gasteiger partial charge in [-0.05, 0) is 18.8 Å². The zero-order valence-corrected chi connectivity index (χ0v) is 8.00. The van der Waals surface area contributed by atoms with E-state index in [9.17, 15) is 18.0 Å². The van der Waals surface area contributed by atoms with E-state index in [4.69, 9.17) is 10.8 Å². The molecule has 3 N–H and O–H groups in total. The van der Waals surface area contributed by atoms with Crippen molar-refractivity contribution in [2.75, 3.05) is 13.1 Å². The highest BCUT2D eigenvalue weighted by molar-refractivity contribution is 5.64. The largest absolute Gasteiger partial charge is 0.465 e. The highest BCUT2D eigenvalue weighted by atomic mass is 19.4. The number of rotatable bonds is 1. The number of carbonyl (C=O) groups is 1. The first-order valence-corrected chi connectivity index (χ1v) is 4.62. The topological polar surface area (TPSA) is 66.6 Å². The lowest BCUT2D eigenvalue weighted by Gasteiger charge is -2.33. The lowest BCUT2D eigenvalue weighted by Crippen LogP contribution is -2.49. The molecule has 0 saturated carbocycles. The predicted molar refractivity (Wildman–Crippen MR) is 46.4 cm³/mol. The van der Waals surface area contributed by atoms with Crippen molar-refractivity contribution < 1.29 is 23.1 Å². The summed E-state index contributed by atoms with van der Waals surface area (Å²) >= 11 is 0. The summed E-state index contributed by atoms with van der Waals surface area (Å²) in [5, 5.41) is 8.60. The van der Waals surface area contributed by atoms with Crippen molar-refractivity contribution in [2.45, 2.75) is 25.1 Å². The van der Waals surface area contributed by atoms with Crippen LogP contribution in [0.3, 0.4) is 0 Å². The molecular formula is C8H13F3N2O2. The Bertz CT molecular complexity index is 237. The van der Waals surface area contributed by atoms with E-state index in [-0.39, 0.29) is 25.9 Å². The maximum Gasteiger partial charge on any atom is 0.407 e. The fourth-order valence-electron chi connectivity index (χ4n) is 1.72. The molecule has 1 rings (SSSR count). The number of piperidine rings is 1. The Morgan fingerprint density at radius 1 is 1.40 bits per heavy atom. The quantitative estimate of drug-likeness (QED) is 0.707. The van der Waals surface area contributed by atoms with Crippen LogP contribution in [0.4, 0.5) is 18.0 Å². The third-order valence-electron chi connectivity index (χ3n) is 2.70. The molecule has 0 radical (unpaired) electrons. The molecule has 1 aliphatic rings. The van der Waals surface area contributed by atoms with Gasteiger partial charge in [0.05, 0.1) is 0 Å². The zero-order chi connectivity index (χ0) is 11.6. The van der Waals surface area contributed by atoms with Gasteiger partial charge in [-0.2, -0.15) is 13.2 Å². The molecule has 0 aliphatic carbocycles. The minimum atomic E-state index is -4.39. The van der Waals surface area contributed by atoms with Gasteiger partial charge in [0.15, 0.2) is 0 Å². The molecular weight excluding hydrogens is 213 g/mol. The summed E-state index contributed by atoms with van der Waals surface area (Å²) in [5.74, 6) is -0.666. The molecule has 0 unspecified atom stereocenters. The van der Waals surface area contributed by atoms with Gasteiger partial charge in [-0.15, -0.1) is 0 Å². The Morgan fingerprint density at radius 3 is 2.20 bits per heavy atom. The maximum atomic E-state index is 12.2. The summed E-state index contributed by atoms with van der Waals surface area (Å²) < 4.78 is 36.7. The van der Waals surface area contributed by atoms with Gasteiger partial charge in [0.2, 0.25) is 0 Å². The SMILES string of the molecule is N[C@H](C1CCN(C(=O)O)CC1)C(F)(F)F. The van der Waals surface area contributed by atoms with Crippen LogP contribution in [0.2, 0.25) is 0 Å². The number of likely N-dealkylation sites (tertiary alicyclic amines) is 1. The summed E-state index contributed by atoms with van der Waals surface area (Å²) in [4.78, 5) is 11.6. The third-order valence-corrected chi connectivity index (χ3v) is 2.70. The van der Waals surface area contributed by atoms with Crippen LogP contribution in [0.1, 0.15) is 12.8 Å². The fraction of sp³-hybridized carbons (Fsp3) is 0.875. The van der Waals surface area contributed by atoms with E-state index in [1.54, 1.807) is 0 Å². The second-order valence-electron chi connectivity index (χ2n) is 3.67. The van der Waals surface area contributed by atoms with Gasteiger partial charge in [0.25, 0.3) is 0 Å². The molecule has 4 nitrogen and oxygen atoms in total. The van der Waals surface area contributed by atoms with Crippen LogP contribution in [0.25, 0.3) is 0 Å². The van der Waals surface area contributed by atoms with E-state index >= 15 is 0 Å². The van der Waals surface area contributed by atoms with E-state index in [0.29, 0.717) is 0 Å². The maximum absolute atomic E-state index is 12.2. The molecule has 1 fully saturated rings. The highest BCUT2D eigenvalue weighted by Crippen LogP contribution is 2.30. The molecule has 1 atom stereocenters. The van der Waals surface area contributed by atoms with Gasteiger partial charge in [-0.1, -0.05) is 0 Å². The van der Waals surface area contributed by atoms with Crippen molar-refractivity contribution in [2.24, 2.45) is 11.7 Å². The smallest absolute Gasteiger partial charge is 0.407 e. The molecule has 15 heavy (non-hydrogen) atoms. The first-order chi connectivity index (χ1) is 6.82. The first kappa shape index (κ1) is 12.1. The molecule has 0 bridgehead atoms. The van der Waals surface area contributed by atoms with Crippen molar-refractivity contribution in [3.8, 4) is 0 Å². The predicted octanol–water partition coefficient (Wildman–Crippen LogP) is 1.27. The number of nitrogens with two attached hydrogens (primary N) is 1. The minimum Gasteiger partial charge on any atom is -0.465 e. The number of alkyl halides is 3. The lowest BCUT2D eigenvalue weighted by molar-refractivity contribution is -0.161. The van der Waals surface area contributed by atoms with Crippen molar-refractivity contribution >= 4 is 6.09 Å².